The van der Waals surface area contributed by atoms with Crippen molar-refractivity contribution in [2.45, 2.75) is 55.6 Å². The van der Waals surface area contributed by atoms with E-state index in [2.05, 4.69) is 5.32 Å². The summed E-state index contributed by atoms with van der Waals surface area (Å²) in [5.41, 5.74) is 1.21. The molecule has 278 valence electrons. The van der Waals surface area contributed by atoms with Gasteiger partial charge in [-0.1, -0.05) is 6.07 Å². The third kappa shape index (κ3) is 8.27. The summed E-state index contributed by atoms with van der Waals surface area (Å²) in [5, 5.41) is 85.5. The molecule has 18 nitrogen and oxygen atoms in total. The van der Waals surface area contributed by atoms with Gasteiger partial charge in [0.25, 0.3) is 0 Å². The molecule has 0 aromatic heterocycles. The van der Waals surface area contributed by atoms with E-state index in [4.69, 9.17) is 18.9 Å². The number of esters is 1. The molecule has 3 aliphatic rings. The summed E-state index contributed by atoms with van der Waals surface area (Å²) in [6.45, 7) is -0.639. The molecule has 0 saturated carbocycles. The summed E-state index contributed by atoms with van der Waals surface area (Å²) in [6.07, 6.45) is -3.46. The van der Waals surface area contributed by atoms with Crippen molar-refractivity contribution in [3.8, 4) is 23.0 Å². The zero-order chi connectivity index (χ0) is 37.9. The Bertz CT molecular complexity index is 1820. The predicted molar refractivity (Wildman–Crippen MR) is 171 cm³/mol. The number of hydrogen-bond donors (Lipinski definition) is 9. The van der Waals surface area contributed by atoms with Crippen LogP contribution in [0.5, 0.6) is 23.0 Å². The highest BCUT2D eigenvalue weighted by Gasteiger charge is 2.46. The lowest BCUT2D eigenvalue weighted by molar-refractivity contribution is -0.840. The maximum atomic E-state index is 12.4. The van der Waals surface area contributed by atoms with Crippen molar-refractivity contribution in [1.82, 2.24) is 5.32 Å². The molecule has 18 heteroatoms. The van der Waals surface area contributed by atoms with Gasteiger partial charge in [0.05, 0.1) is 7.11 Å². The first-order valence-electron chi connectivity index (χ1n) is 15.8. The molecule has 3 aliphatic heterocycles. The number of rotatable bonds is 12. The molecule has 5 rings (SSSR count). The van der Waals surface area contributed by atoms with Gasteiger partial charge in [0.15, 0.2) is 23.0 Å². The lowest BCUT2D eigenvalue weighted by Gasteiger charge is -2.39. The standard InChI is InChI=1S/C34H36N2O16/c1-49-24-10-15(2-4-22(24)37)3-5-27(39)50-14-26-28(40)29(41)30(42)34(52-26)51-25-12-17-11-21(33(47)48)36(20(17)13-23(25)38)7-6-16-8-18(31(43)44)35-19(9-16)32(45)46/h2-6,8,10,12-13,19,21,26,28-30,34-35,37-38,40-42H,7,9,11,14H2,1H3,(H,43,44)(H,45,46)(H,47,48)/b5-3+,16-6-/t19-,21-,26+,28+,29-,30+,34+/m0/s1. The number of aliphatic carboxylic acids is 3. The third-order valence-electron chi connectivity index (χ3n) is 8.79. The van der Waals surface area contributed by atoms with Crippen LogP contribution in [0.15, 0.2) is 59.8 Å². The number of phenols is 2. The number of fused-ring (bicyclic) bond motifs is 1. The zero-order valence-electron chi connectivity index (χ0n) is 27.4. The van der Waals surface area contributed by atoms with Gasteiger partial charge in [0, 0.05) is 30.5 Å². The van der Waals surface area contributed by atoms with Gasteiger partial charge in [-0.15, -0.1) is 0 Å². The van der Waals surface area contributed by atoms with Crippen LogP contribution >= 0.6 is 0 Å². The zero-order valence-corrected chi connectivity index (χ0v) is 27.4. The smallest absolute Gasteiger partial charge is 0.351 e. The lowest BCUT2D eigenvalue weighted by Crippen LogP contribution is -3.11. The Morgan fingerprint density at radius 3 is 2.42 bits per heavy atom. The second-order valence-corrected chi connectivity index (χ2v) is 12.2. The number of aliphatic hydroxyl groups is 3. The summed E-state index contributed by atoms with van der Waals surface area (Å²) < 4.78 is 21.4. The fourth-order valence-corrected chi connectivity index (χ4v) is 6.05. The Labute approximate surface area is 294 Å². The fourth-order valence-electron chi connectivity index (χ4n) is 6.05. The van der Waals surface area contributed by atoms with Crippen LogP contribution in [0.3, 0.4) is 0 Å². The van der Waals surface area contributed by atoms with E-state index in [0.717, 1.165) is 6.08 Å². The molecule has 0 bridgehead atoms. The molecule has 2 aromatic rings. The molecule has 0 aliphatic carbocycles. The van der Waals surface area contributed by atoms with E-state index in [1.165, 1.54) is 55.7 Å². The number of aromatic hydroxyl groups is 2. The van der Waals surface area contributed by atoms with Gasteiger partial charge in [-0.05, 0) is 47.6 Å². The quantitative estimate of drug-likeness (QED) is 0.0782. The number of aliphatic hydroxyl groups excluding tert-OH is 3. The molecule has 9 N–H and O–H groups in total. The van der Waals surface area contributed by atoms with Crippen LogP contribution in [0.1, 0.15) is 17.5 Å². The van der Waals surface area contributed by atoms with Crippen molar-refractivity contribution in [3.05, 3.63) is 71.0 Å². The fraction of sp³-hybridized carbons (Fsp3) is 0.353. The summed E-state index contributed by atoms with van der Waals surface area (Å²) in [6, 6.07) is 4.50. The van der Waals surface area contributed by atoms with Crippen LogP contribution in [0.4, 0.5) is 5.69 Å². The van der Waals surface area contributed by atoms with Crippen LogP contribution < -0.4 is 24.8 Å². The number of phenolic OH excluding ortho intramolecular Hbond substituents is 2. The Hall–Kier alpha value is -5.66. The second-order valence-electron chi connectivity index (χ2n) is 12.2. The van der Waals surface area contributed by atoms with Crippen molar-refractivity contribution in [2.24, 2.45) is 0 Å². The van der Waals surface area contributed by atoms with E-state index >= 15 is 0 Å². The van der Waals surface area contributed by atoms with Gasteiger partial charge in [-0.2, -0.15) is 0 Å². The number of hydrogen-bond acceptors (Lipinski definition) is 15. The number of ether oxygens (including phenoxy) is 4. The van der Waals surface area contributed by atoms with E-state index < -0.39 is 79.0 Å². The van der Waals surface area contributed by atoms with Gasteiger partial charge < -0.3 is 69.9 Å². The number of nitrogens with one attached hydrogen (secondary N) is 2. The Balaban J connectivity index is 1.28. The number of allylic oxidation sites excluding steroid dienone is 1. The normalized spacial score (nSPS) is 27.7. The largest absolute Gasteiger partial charge is 0.544 e. The number of carbonyl (C=O) groups excluding carboxylic acids is 2. The van der Waals surface area contributed by atoms with E-state index in [-0.39, 0.29) is 42.3 Å². The summed E-state index contributed by atoms with van der Waals surface area (Å²) >= 11 is 0. The summed E-state index contributed by atoms with van der Waals surface area (Å²) in [5.74, 6) is -5.65. The van der Waals surface area contributed by atoms with Gasteiger partial charge in [-0.25, -0.2) is 14.4 Å². The Morgan fingerprint density at radius 2 is 1.75 bits per heavy atom. The van der Waals surface area contributed by atoms with Gasteiger partial charge in [0.2, 0.25) is 6.29 Å². The third-order valence-corrected chi connectivity index (χ3v) is 8.79. The van der Waals surface area contributed by atoms with Crippen molar-refractivity contribution in [3.63, 3.8) is 0 Å². The van der Waals surface area contributed by atoms with Crippen LogP contribution in [0, 0.1) is 0 Å². The number of carboxylic acid groups (broad SMARTS) is 3. The molecule has 1 unspecified atom stereocenters. The van der Waals surface area contributed by atoms with Gasteiger partial charge in [0.1, 0.15) is 67.0 Å². The van der Waals surface area contributed by atoms with Gasteiger partial charge >= 0.3 is 17.9 Å². The average Bonchev–Trinajstić information content (AvgIpc) is 3.47. The first-order valence-corrected chi connectivity index (χ1v) is 15.8. The molecule has 1 fully saturated rings. The molecule has 3 heterocycles. The molecular formula is C34H36N2O16. The van der Waals surface area contributed by atoms with E-state index in [0.29, 0.717) is 27.3 Å². The maximum Gasteiger partial charge on any atom is 0.351 e. The van der Waals surface area contributed by atoms with E-state index in [1.54, 1.807) is 0 Å². The minimum absolute atomic E-state index is 0.0520. The van der Waals surface area contributed by atoms with E-state index in [1.807, 2.05) is 0 Å². The first kappa shape index (κ1) is 37.6. The van der Waals surface area contributed by atoms with Crippen LogP contribution in [0.2, 0.25) is 0 Å². The molecular weight excluding hydrogens is 692 g/mol. The minimum Gasteiger partial charge on any atom is -0.544 e. The first-order chi connectivity index (χ1) is 24.7. The highest BCUT2D eigenvalue weighted by Crippen LogP contribution is 2.36. The van der Waals surface area contributed by atoms with Crippen molar-refractivity contribution in [1.29, 1.82) is 0 Å². The van der Waals surface area contributed by atoms with Crippen LogP contribution in [0.25, 0.3) is 6.08 Å². The summed E-state index contributed by atoms with van der Waals surface area (Å²) in [7, 11) is 1.36. The summed E-state index contributed by atoms with van der Waals surface area (Å²) in [4.78, 5) is 47.9. The number of benzene rings is 2. The van der Waals surface area contributed by atoms with Gasteiger partial charge in [-0.3, -0.25) is 4.90 Å². The number of carboxylic acids is 3. The molecule has 0 amide bonds. The molecule has 0 radical (unpaired) electrons. The SMILES string of the molecule is COc1cc(/C=C/C(=O)OC[C@H]2O[C@@H](Oc3cc4c(cc3O)[NH+](C/C=C3/C=C(C(=O)O)N[C@H](C(=O)O)C3)[C@H](C(=O)[O-])C4)[C@H](O)[C@@H](O)[C@@H]2O)ccc1O. The van der Waals surface area contributed by atoms with E-state index in [9.17, 15) is 60.0 Å². The predicted octanol–water partition coefficient (Wildman–Crippen LogP) is -2.92. The molecule has 8 atom stereocenters. The van der Waals surface area contributed by atoms with Crippen LogP contribution in [-0.4, -0.2) is 123 Å². The Morgan fingerprint density at radius 1 is 1.00 bits per heavy atom. The van der Waals surface area contributed by atoms with Crippen molar-refractivity contribution < 1.29 is 83.9 Å². The van der Waals surface area contributed by atoms with Crippen molar-refractivity contribution >= 4 is 35.6 Å². The highest BCUT2D eigenvalue weighted by molar-refractivity contribution is 5.89. The molecule has 2 aromatic carbocycles. The van der Waals surface area contributed by atoms with Crippen molar-refractivity contribution in [2.75, 3.05) is 20.3 Å². The monoisotopic (exact) mass is 728 g/mol. The number of carbonyl (C=O) groups is 4. The minimum atomic E-state index is -1.84. The lowest BCUT2D eigenvalue weighted by atomic mass is 9.99. The molecule has 0 spiro atoms. The Kier molecular flexibility index (Phi) is 11.4. The highest BCUT2D eigenvalue weighted by atomic mass is 16.7. The van der Waals surface area contributed by atoms with Crippen LogP contribution in [-0.2, 0) is 35.1 Å². The number of methoxy groups -OCH3 is 1. The maximum absolute atomic E-state index is 12.4. The second kappa shape index (κ2) is 15.7. The topological polar surface area (TPSA) is 286 Å². The molecule has 52 heavy (non-hydrogen) atoms. The molecule has 1 saturated heterocycles. The number of quaternary nitrogens is 1. The average molecular weight is 729 g/mol.